The van der Waals surface area contributed by atoms with Gasteiger partial charge in [0, 0.05) is 25.7 Å². The van der Waals surface area contributed by atoms with Crippen LogP contribution in [-0.2, 0) is 20.8 Å². The molecule has 0 aromatic heterocycles. The second-order valence-electron chi connectivity index (χ2n) is 7.91. The van der Waals surface area contributed by atoms with E-state index < -0.39 is 36.0 Å². The Labute approximate surface area is 212 Å². The molecule has 0 spiro atoms. The van der Waals surface area contributed by atoms with Crippen molar-refractivity contribution in [2.45, 2.75) is 42.9 Å². The summed E-state index contributed by atoms with van der Waals surface area (Å²) in [5, 5.41) is 9.40. The quantitative estimate of drug-likeness (QED) is 0.535. The Balaban J connectivity index is 1.40. The fraction of sp³-hybridized carbons (Fsp3) is 0.375. The molecule has 0 bridgehead atoms. The third-order valence-corrected chi connectivity index (χ3v) is 6.91. The Bertz CT molecular complexity index is 1040. The van der Waals surface area contributed by atoms with Crippen LogP contribution in [0.1, 0.15) is 12.0 Å². The maximum atomic E-state index is 15.7. The monoisotopic (exact) mass is 520 g/mol. The molecule has 2 aliphatic heterocycles. The van der Waals surface area contributed by atoms with E-state index in [0.717, 1.165) is 22.2 Å². The normalized spacial score (nSPS) is 25.3. The predicted molar refractivity (Wildman–Crippen MR) is 133 cm³/mol. The molecule has 0 aliphatic carbocycles. The van der Waals surface area contributed by atoms with E-state index in [1.54, 1.807) is 12.1 Å². The van der Waals surface area contributed by atoms with Gasteiger partial charge in [0.05, 0.1) is 19.3 Å². The number of benzene rings is 2. The number of thioether (sulfide) groups is 1. The number of thiocarbonyl (C=S) groups is 1. The maximum absolute atomic E-state index is 15.7. The van der Waals surface area contributed by atoms with Crippen molar-refractivity contribution < 1.29 is 33.2 Å². The highest BCUT2D eigenvalue weighted by Gasteiger charge is 2.51. The number of fused-ring (bicyclic) bond motifs is 1. The number of nitrogens with zero attached hydrogens (tertiary/aromatic N) is 2. The highest BCUT2D eigenvalue weighted by molar-refractivity contribution is 8.14. The smallest absolute Gasteiger partial charge is 0.413 e. The van der Waals surface area contributed by atoms with Crippen LogP contribution in [0.5, 0.6) is 5.75 Å². The molecule has 186 valence electrons. The van der Waals surface area contributed by atoms with Crippen molar-refractivity contribution >= 4 is 40.5 Å². The molecule has 1 fully saturated rings. The van der Waals surface area contributed by atoms with Crippen molar-refractivity contribution in [1.82, 2.24) is 4.90 Å². The van der Waals surface area contributed by atoms with Gasteiger partial charge in [-0.25, -0.2) is 9.18 Å². The van der Waals surface area contributed by atoms with Gasteiger partial charge >= 0.3 is 11.3 Å². The van der Waals surface area contributed by atoms with Crippen LogP contribution >= 0.6 is 24.0 Å². The molecule has 2 aromatic rings. The molecule has 2 heterocycles. The Kier molecular flexibility index (Phi) is 8.55. The lowest BCUT2D eigenvalue weighted by atomic mass is 9.97. The van der Waals surface area contributed by atoms with E-state index >= 15 is 4.39 Å². The lowest BCUT2D eigenvalue weighted by molar-refractivity contribution is -0.164. The molecule has 1 saturated heterocycles. The van der Waals surface area contributed by atoms with Crippen LogP contribution in [0, 0.1) is 0 Å². The van der Waals surface area contributed by atoms with Crippen LogP contribution < -0.4 is 4.74 Å². The minimum Gasteiger partial charge on any atom is -0.465 e. The van der Waals surface area contributed by atoms with Gasteiger partial charge in [0.2, 0.25) is 0 Å². The van der Waals surface area contributed by atoms with E-state index in [0.29, 0.717) is 5.75 Å². The first-order chi connectivity index (χ1) is 16.9. The number of hydrogen-bond donors (Lipinski definition) is 1. The van der Waals surface area contributed by atoms with Gasteiger partial charge in [-0.1, -0.05) is 60.3 Å². The van der Waals surface area contributed by atoms with Crippen LogP contribution in [0.15, 0.2) is 65.7 Å². The molecular weight excluding hydrogens is 495 g/mol. The van der Waals surface area contributed by atoms with Crippen molar-refractivity contribution in [2.75, 3.05) is 13.7 Å². The van der Waals surface area contributed by atoms with Gasteiger partial charge in [0.25, 0.3) is 0 Å². The van der Waals surface area contributed by atoms with E-state index in [-0.39, 0.29) is 30.0 Å². The van der Waals surface area contributed by atoms with E-state index in [2.05, 4.69) is 4.99 Å². The van der Waals surface area contributed by atoms with Crippen LogP contribution in [0.2, 0.25) is 0 Å². The van der Waals surface area contributed by atoms with Gasteiger partial charge in [0.15, 0.2) is 11.3 Å². The fourth-order valence-electron chi connectivity index (χ4n) is 3.69. The van der Waals surface area contributed by atoms with Gasteiger partial charge < -0.3 is 24.1 Å². The lowest BCUT2D eigenvalue weighted by Gasteiger charge is -2.39. The Hall–Kier alpha value is -2.73. The number of para-hydroxylation sites is 1. The number of amides is 1. The van der Waals surface area contributed by atoms with Gasteiger partial charge in [0.1, 0.15) is 23.3 Å². The van der Waals surface area contributed by atoms with Crippen molar-refractivity contribution in [1.29, 1.82) is 0 Å². The van der Waals surface area contributed by atoms with Gasteiger partial charge in [-0.2, -0.15) is 0 Å². The molecular formula is C24H25FN2O6S2. The number of carbonyl (C=O) groups is 1. The van der Waals surface area contributed by atoms with E-state index in [1.165, 1.54) is 7.05 Å². The summed E-state index contributed by atoms with van der Waals surface area (Å²) < 4.78 is 38.8. The molecule has 8 nitrogen and oxygen atoms in total. The molecule has 0 radical (unpaired) electrons. The highest BCUT2D eigenvalue weighted by atomic mass is 32.2. The number of carboxylic acid groups (broad SMARTS) is 1. The summed E-state index contributed by atoms with van der Waals surface area (Å²) in [5.41, 5.74) is 0.223. The number of halogens is 1. The number of aliphatic imine (C=N–C) groups is 1. The minimum atomic E-state index is -1.50. The molecule has 2 aromatic carbocycles. The second-order valence-corrected chi connectivity index (χ2v) is 9.31. The molecule has 35 heavy (non-hydrogen) atoms. The largest absolute Gasteiger partial charge is 0.465 e. The van der Waals surface area contributed by atoms with E-state index in [9.17, 15) is 9.90 Å². The summed E-state index contributed by atoms with van der Waals surface area (Å²) in [6.07, 6.45) is -3.98. The molecule has 11 heteroatoms. The number of ether oxygens (including phenoxy) is 4. The molecule has 5 atom stereocenters. The highest BCUT2D eigenvalue weighted by Crippen LogP contribution is 2.40. The molecule has 1 amide bonds. The van der Waals surface area contributed by atoms with Gasteiger partial charge in [-0.15, -0.1) is 0 Å². The topological polar surface area (TPSA) is 89.8 Å². The van der Waals surface area contributed by atoms with Crippen molar-refractivity contribution in [3.05, 3.63) is 66.2 Å². The first kappa shape index (κ1) is 25.4. The average molecular weight is 521 g/mol. The van der Waals surface area contributed by atoms with Gasteiger partial charge in [-0.05, 0) is 17.7 Å². The number of hydrogen-bond acceptors (Lipinski definition) is 8. The average Bonchev–Trinajstić information content (AvgIpc) is 3.29. The van der Waals surface area contributed by atoms with Crippen LogP contribution in [0.4, 0.5) is 9.18 Å². The summed E-state index contributed by atoms with van der Waals surface area (Å²) in [5.74, 6) is 0.553. The molecule has 0 unspecified atom stereocenters. The first-order valence-electron chi connectivity index (χ1n) is 11.0. The first-order valence-corrected chi connectivity index (χ1v) is 12.3. The Morgan fingerprint density at radius 3 is 2.57 bits per heavy atom. The number of amidine groups is 1. The second kappa shape index (κ2) is 11.8. The Morgan fingerprint density at radius 1 is 1.20 bits per heavy atom. The Morgan fingerprint density at radius 2 is 1.89 bits per heavy atom. The minimum absolute atomic E-state index is 0.0487. The van der Waals surface area contributed by atoms with E-state index in [1.807, 2.05) is 48.5 Å². The third kappa shape index (κ3) is 6.49. The zero-order valence-electron chi connectivity index (χ0n) is 18.9. The number of rotatable bonds is 7. The fourth-order valence-corrected chi connectivity index (χ4v) is 5.04. The van der Waals surface area contributed by atoms with Crippen LogP contribution in [-0.4, -0.2) is 70.0 Å². The summed E-state index contributed by atoms with van der Waals surface area (Å²) in [6, 6.07) is 17.6. The summed E-state index contributed by atoms with van der Waals surface area (Å²) in [4.78, 5) is 16.6. The molecule has 4 rings (SSSR count). The van der Waals surface area contributed by atoms with Crippen LogP contribution in [0.3, 0.4) is 0 Å². The van der Waals surface area contributed by atoms with Crippen molar-refractivity contribution in [3.63, 3.8) is 0 Å². The SMILES string of the molecule is CN(C(=O)O)C1=N[C@@H]2[C@H](F)[C@H](OCc3ccccc3)[C@@H](CCOC(=S)Oc3ccccc3)O[C@@H]2S1. The summed E-state index contributed by atoms with van der Waals surface area (Å²) >= 11 is 6.22. The third-order valence-electron chi connectivity index (χ3n) is 5.50. The van der Waals surface area contributed by atoms with Gasteiger partial charge in [-0.3, -0.25) is 9.89 Å². The summed E-state index contributed by atoms with van der Waals surface area (Å²) in [6.45, 7) is 0.317. The molecule has 2 aliphatic rings. The maximum Gasteiger partial charge on any atom is 0.413 e. The lowest BCUT2D eigenvalue weighted by Crippen LogP contribution is -2.54. The van der Waals surface area contributed by atoms with Crippen LogP contribution in [0.25, 0.3) is 0 Å². The predicted octanol–water partition coefficient (Wildman–Crippen LogP) is 4.49. The van der Waals surface area contributed by atoms with E-state index in [4.69, 9.17) is 31.2 Å². The zero-order chi connectivity index (χ0) is 24.8. The number of alkyl halides is 1. The molecule has 0 saturated carbocycles. The van der Waals surface area contributed by atoms with Crippen molar-refractivity contribution in [2.24, 2.45) is 4.99 Å². The zero-order valence-corrected chi connectivity index (χ0v) is 20.5. The molecule has 1 N–H and O–H groups in total. The summed E-state index contributed by atoms with van der Waals surface area (Å²) in [7, 11) is 1.36. The standard InChI is InChI=1S/C24H25FN2O6S2/c1-27(23(28)29)22-26-19-18(25)20(31-14-15-8-4-2-5-9-15)17(33-21(19)35-22)12-13-30-24(34)32-16-10-6-3-7-11-16/h2-11,17-21H,12-14H2,1H3,(H,28,29)/t17-,18+,19-,20-,21-/m1/s1. The van der Waals surface area contributed by atoms with Crippen molar-refractivity contribution in [3.8, 4) is 5.75 Å².